The molecule has 0 saturated heterocycles. The molecule has 0 aliphatic rings. The molecule has 0 fully saturated rings. The molecule has 1 N–H and O–H groups in total. The molecule has 0 aliphatic heterocycles. The number of thioether (sulfide) groups is 2. The predicted molar refractivity (Wildman–Crippen MR) is 148 cm³/mol. The number of carbonyl (C=O) groups is 1. The van der Waals surface area contributed by atoms with E-state index in [2.05, 4.69) is 81.4 Å². The van der Waals surface area contributed by atoms with Gasteiger partial charge in [0.15, 0.2) is 8.68 Å². The Morgan fingerprint density at radius 3 is 2.26 bits per heavy atom. The van der Waals surface area contributed by atoms with Crippen molar-refractivity contribution >= 4 is 68.0 Å². The second-order valence-corrected chi connectivity index (χ2v) is 11.2. The second kappa shape index (κ2) is 11.0. The Morgan fingerprint density at radius 2 is 1.46 bits per heavy atom. The van der Waals surface area contributed by atoms with Gasteiger partial charge in [-0.05, 0) is 34.0 Å². The number of hydrogen-bond donors (Lipinski definition) is 1. The van der Waals surface area contributed by atoms with Gasteiger partial charge in [-0.15, -0.1) is 10.2 Å². The summed E-state index contributed by atoms with van der Waals surface area (Å²) in [5.74, 6) is 0.882. The van der Waals surface area contributed by atoms with Crippen molar-refractivity contribution in [2.24, 2.45) is 5.10 Å². The molecule has 1 amide bonds. The van der Waals surface area contributed by atoms with Crippen LogP contribution in [0.1, 0.15) is 18.1 Å². The van der Waals surface area contributed by atoms with Gasteiger partial charge in [0.1, 0.15) is 0 Å². The number of hydrogen-bond acceptors (Lipinski definition) is 7. The van der Waals surface area contributed by atoms with Crippen LogP contribution in [0.2, 0.25) is 0 Å². The quantitative estimate of drug-likeness (QED) is 0.141. The molecule has 174 valence electrons. The fourth-order valence-electron chi connectivity index (χ4n) is 3.78. The number of amides is 1. The first-order chi connectivity index (χ1) is 17.2. The molecular weight excluding hydrogens is 493 g/mol. The fourth-order valence-corrected chi connectivity index (χ4v) is 6.59. The molecule has 0 atom stereocenters. The summed E-state index contributed by atoms with van der Waals surface area (Å²) >= 11 is 4.55. The summed E-state index contributed by atoms with van der Waals surface area (Å²) in [6.45, 7) is 1.90. The summed E-state index contributed by atoms with van der Waals surface area (Å²) in [6, 6.07) is 29.0. The van der Waals surface area contributed by atoms with Crippen LogP contribution in [0.3, 0.4) is 0 Å². The monoisotopic (exact) mass is 514 g/mol. The van der Waals surface area contributed by atoms with Crippen LogP contribution < -0.4 is 5.43 Å². The van der Waals surface area contributed by atoms with Gasteiger partial charge < -0.3 is 0 Å². The number of nitrogens with zero attached hydrogens (tertiary/aromatic N) is 3. The summed E-state index contributed by atoms with van der Waals surface area (Å²) in [5, 5.41) is 17.6. The number of aromatic nitrogens is 2. The van der Waals surface area contributed by atoms with Crippen LogP contribution in [0.15, 0.2) is 98.7 Å². The number of carbonyl (C=O) groups excluding carboxylic acids is 1. The molecule has 0 unspecified atom stereocenters. The van der Waals surface area contributed by atoms with Crippen LogP contribution in [0.5, 0.6) is 0 Å². The molecule has 4 aromatic carbocycles. The lowest BCUT2D eigenvalue weighted by atomic mass is 10.0. The summed E-state index contributed by atoms with van der Waals surface area (Å²) in [6.07, 6.45) is 0. The van der Waals surface area contributed by atoms with E-state index >= 15 is 0 Å². The lowest BCUT2D eigenvalue weighted by Gasteiger charge is -2.06. The molecule has 0 aliphatic carbocycles. The molecule has 0 bridgehead atoms. The zero-order valence-electron chi connectivity index (χ0n) is 19.0. The molecular formula is C27H22N4OS3. The van der Waals surface area contributed by atoms with Crippen molar-refractivity contribution in [2.45, 2.75) is 21.4 Å². The average Bonchev–Trinajstić information content (AvgIpc) is 3.37. The first kappa shape index (κ1) is 23.5. The number of hydrazone groups is 1. The topological polar surface area (TPSA) is 67.2 Å². The van der Waals surface area contributed by atoms with Gasteiger partial charge in [-0.25, -0.2) is 5.43 Å². The molecule has 1 aromatic heterocycles. The third-order valence-electron chi connectivity index (χ3n) is 5.47. The molecule has 0 saturated carbocycles. The van der Waals surface area contributed by atoms with Crippen molar-refractivity contribution in [1.82, 2.24) is 15.6 Å². The number of nitrogens with one attached hydrogen (secondary N) is 1. The van der Waals surface area contributed by atoms with E-state index in [1.165, 1.54) is 39.4 Å². The van der Waals surface area contributed by atoms with E-state index < -0.39 is 0 Å². The van der Waals surface area contributed by atoms with Crippen molar-refractivity contribution < 1.29 is 4.79 Å². The lowest BCUT2D eigenvalue weighted by molar-refractivity contribution is -0.118. The van der Waals surface area contributed by atoms with Crippen LogP contribution in [-0.4, -0.2) is 27.6 Å². The van der Waals surface area contributed by atoms with Gasteiger partial charge in [0.05, 0.1) is 11.5 Å². The van der Waals surface area contributed by atoms with Crippen molar-refractivity contribution in [3.63, 3.8) is 0 Å². The number of benzene rings is 4. The van der Waals surface area contributed by atoms with E-state index in [1.807, 2.05) is 31.2 Å². The van der Waals surface area contributed by atoms with Crippen LogP contribution in [0, 0.1) is 0 Å². The Kier molecular flexibility index (Phi) is 7.42. The Morgan fingerprint density at radius 1 is 0.829 bits per heavy atom. The summed E-state index contributed by atoms with van der Waals surface area (Å²) in [4.78, 5) is 12.4. The first-order valence-corrected chi connectivity index (χ1v) is 13.8. The molecule has 5 aromatic rings. The maximum atomic E-state index is 12.4. The Bertz CT molecular complexity index is 1520. The average molecular weight is 515 g/mol. The van der Waals surface area contributed by atoms with Crippen LogP contribution in [-0.2, 0) is 10.5 Å². The number of rotatable bonds is 8. The van der Waals surface area contributed by atoms with E-state index in [1.54, 1.807) is 11.8 Å². The minimum Gasteiger partial charge on any atom is -0.272 e. The predicted octanol–water partition coefficient (Wildman–Crippen LogP) is 6.77. The third-order valence-corrected chi connectivity index (χ3v) is 8.71. The van der Waals surface area contributed by atoms with Crippen LogP contribution >= 0.6 is 34.9 Å². The van der Waals surface area contributed by atoms with Gasteiger partial charge >= 0.3 is 0 Å². The molecule has 0 spiro atoms. The highest BCUT2D eigenvalue weighted by Gasteiger charge is 2.10. The summed E-state index contributed by atoms with van der Waals surface area (Å²) in [7, 11) is 0. The van der Waals surface area contributed by atoms with Crippen LogP contribution in [0.25, 0.3) is 21.5 Å². The van der Waals surface area contributed by atoms with Gasteiger partial charge in [-0.3, -0.25) is 4.79 Å². The van der Waals surface area contributed by atoms with Crippen molar-refractivity contribution in [2.75, 3.05) is 5.75 Å². The standard InChI is InChI=1S/C27H22N4OS3/c1-18(22-15-7-11-20-9-3-5-14-24(20)22)28-29-25(32)17-34-27-31-30-26(35-27)33-16-21-12-6-10-19-8-2-4-13-23(19)21/h2-15H,16-17H2,1H3,(H,29,32)/b28-18-. The fraction of sp³-hybridized carbons (Fsp3) is 0.111. The Labute approximate surface area is 216 Å². The molecule has 35 heavy (non-hydrogen) atoms. The van der Waals surface area contributed by atoms with E-state index in [0.717, 1.165) is 36.5 Å². The molecule has 1 heterocycles. The molecule has 8 heteroatoms. The minimum absolute atomic E-state index is 0.172. The third kappa shape index (κ3) is 5.73. The van der Waals surface area contributed by atoms with Gasteiger partial charge in [0, 0.05) is 11.3 Å². The van der Waals surface area contributed by atoms with E-state index in [0.29, 0.717) is 0 Å². The zero-order chi connectivity index (χ0) is 24.0. The Balaban J connectivity index is 1.15. The summed E-state index contributed by atoms with van der Waals surface area (Å²) < 4.78 is 1.67. The molecule has 0 radical (unpaired) electrons. The number of fused-ring (bicyclic) bond motifs is 2. The van der Waals surface area contributed by atoms with Gasteiger partial charge in [0.2, 0.25) is 0 Å². The molecule has 5 nitrogen and oxygen atoms in total. The highest BCUT2D eigenvalue weighted by Crippen LogP contribution is 2.32. The van der Waals surface area contributed by atoms with Gasteiger partial charge in [0.25, 0.3) is 5.91 Å². The maximum Gasteiger partial charge on any atom is 0.250 e. The molecule has 5 rings (SSSR count). The largest absolute Gasteiger partial charge is 0.272 e. The highest BCUT2D eigenvalue weighted by atomic mass is 32.2. The van der Waals surface area contributed by atoms with Crippen LogP contribution in [0.4, 0.5) is 0 Å². The SMILES string of the molecule is C/C(=N/NC(=O)CSc1nnc(SCc2cccc3ccccc23)s1)c1cccc2ccccc12. The van der Waals surface area contributed by atoms with E-state index in [9.17, 15) is 4.79 Å². The maximum absolute atomic E-state index is 12.4. The normalized spacial score (nSPS) is 11.7. The van der Waals surface area contributed by atoms with Crippen molar-refractivity contribution in [1.29, 1.82) is 0 Å². The van der Waals surface area contributed by atoms with Crippen molar-refractivity contribution in [3.05, 3.63) is 96.1 Å². The van der Waals surface area contributed by atoms with Gasteiger partial charge in [-0.2, -0.15) is 5.10 Å². The Hall–Kier alpha value is -3.20. The highest BCUT2D eigenvalue weighted by molar-refractivity contribution is 8.03. The van der Waals surface area contributed by atoms with E-state index in [-0.39, 0.29) is 11.7 Å². The first-order valence-electron chi connectivity index (χ1n) is 11.0. The minimum atomic E-state index is -0.172. The van der Waals surface area contributed by atoms with Crippen molar-refractivity contribution in [3.8, 4) is 0 Å². The smallest absolute Gasteiger partial charge is 0.250 e. The van der Waals surface area contributed by atoms with E-state index in [4.69, 9.17) is 0 Å². The van der Waals surface area contributed by atoms with Gasteiger partial charge in [-0.1, -0.05) is 120 Å². The second-order valence-electron chi connectivity index (χ2n) is 7.81. The summed E-state index contributed by atoms with van der Waals surface area (Å²) in [5.41, 5.74) is 5.71. The lowest BCUT2D eigenvalue weighted by Crippen LogP contribution is -2.21. The zero-order valence-corrected chi connectivity index (χ0v) is 21.4.